The highest BCUT2D eigenvalue weighted by molar-refractivity contribution is 7.89. The van der Waals surface area contributed by atoms with Crippen molar-refractivity contribution in [3.05, 3.63) is 90.0 Å². The van der Waals surface area contributed by atoms with Crippen molar-refractivity contribution in [2.75, 3.05) is 11.9 Å². The number of hydrogen-bond acceptors (Lipinski definition) is 4. The molecule has 0 aliphatic heterocycles. The Balaban J connectivity index is 1.60. The zero-order chi connectivity index (χ0) is 21.4. The van der Waals surface area contributed by atoms with Gasteiger partial charge in [-0.3, -0.25) is 4.79 Å². The number of anilines is 1. The minimum Gasteiger partial charge on any atom is -0.494 e. The number of ether oxygens (including phenoxy) is 1. The number of sulfonamides is 1. The van der Waals surface area contributed by atoms with Crippen LogP contribution in [0.4, 0.5) is 5.69 Å². The van der Waals surface area contributed by atoms with Crippen LogP contribution in [0.15, 0.2) is 83.8 Å². The van der Waals surface area contributed by atoms with Gasteiger partial charge in [-0.2, -0.15) is 0 Å². The third-order valence-corrected chi connectivity index (χ3v) is 5.74. The van der Waals surface area contributed by atoms with E-state index < -0.39 is 10.0 Å². The van der Waals surface area contributed by atoms with Gasteiger partial charge in [0.25, 0.3) is 5.91 Å². The summed E-state index contributed by atoms with van der Waals surface area (Å²) >= 11 is 0. The van der Waals surface area contributed by atoms with Crippen LogP contribution in [-0.4, -0.2) is 20.9 Å². The van der Waals surface area contributed by atoms with Gasteiger partial charge in [-0.1, -0.05) is 37.3 Å². The van der Waals surface area contributed by atoms with E-state index in [1.54, 1.807) is 36.4 Å². The number of hydrogen-bond donors (Lipinski definition) is 2. The van der Waals surface area contributed by atoms with Gasteiger partial charge in [0.05, 0.1) is 11.5 Å². The predicted octanol–water partition coefficient (Wildman–Crippen LogP) is 4.21. The molecule has 0 fully saturated rings. The average molecular weight is 425 g/mol. The smallest absolute Gasteiger partial charge is 0.255 e. The van der Waals surface area contributed by atoms with Crippen molar-refractivity contribution in [3.63, 3.8) is 0 Å². The van der Waals surface area contributed by atoms with Crippen LogP contribution >= 0.6 is 0 Å². The van der Waals surface area contributed by atoms with Crippen molar-refractivity contribution in [1.82, 2.24) is 4.72 Å². The van der Waals surface area contributed by atoms with Gasteiger partial charge < -0.3 is 10.1 Å². The number of carbonyl (C=O) groups excluding carboxylic acids is 1. The Morgan fingerprint density at radius 3 is 2.20 bits per heavy atom. The molecule has 0 aliphatic rings. The number of nitrogens with one attached hydrogen (secondary N) is 2. The summed E-state index contributed by atoms with van der Waals surface area (Å²) in [5, 5.41) is 2.76. The highest BCUT2D eigenvalue weighted by Gasteiger charge is 2.14. The number of amides is 1. The van der Waals surface area contributed by atoms with Gasteiger partial charge in [-0.05, 0) is 60.5 Å². The number of rotatable bonds is 9. The molecule has 3 rings (SSSR count). The van der Waals surface area contributed by atoms with Crippen LogP contribution in [0.2, 0.25) is 0 Å². The van der Waals surface area contributed by atoms with E-state index in [2.05, 4.69) is 10.0 Å². The van der Waals surface area contributed by atoms with Gasteiger partial charge in [0.15, 0.2) is 0 Å². The molecule has 0 saturated heterocycles. The Bertz CT molecular complexity index is 1060. The first-order valence-corrected chi connectivity index (χ1v) is 11.1. The Labute approximate surface area is 177 Å². The zero-order valence-corrected chi connectivity index (χ0v) is 17.5. The molecule has 0 heterocycles. The van der Waals surface area contributed by atoms with Gasteiger partial charge >= 0.3 is 0 Å². The first-order chi connectivity index (χ1) is 14.5. The summed E-state index contributed by atoms with van der Waals surface area (Å²) in [6.45, 7) is 2.86. The van der Waals surface area contributed by atoms with Crippen molar-refractivity contribution in [2.24, 2.45) is 0 Å². The fraction of sp³-hybridized carbons (Fsp3) is 0.174. The van der Waals surface area contributed by atoms with E-state index in [0.29, 0.717) is 23.6 Å². The second-order valence-corrected chi connectivity index (χ2v) is 8.43. The summed E-state index contributed by atoms with van der Waals surface area (Å²) in [7, 11) is -3.64. The largest absolute Gasteiger partial charge is 0.494 e. The first kappa shape index (κ1) is 21.5. The van der Waals surface area contributed by atoms with Crippen molar-refractivity contribution in [2.45, 2.75) is 24.8 Å². The standard InChI is InChI=1S/C23H24N2O4S/c1-2-16-29-21-12-8-19(9-13-21)23(26)25-20-10-14-22(15-11-20)30(27,28)24-17-18-6-4-3-5-7-18/h3-15,24H,2,16-17H2,1H3,(H,25,26). The second-order valence-electron chi connectivity index (χ2n) is 6.66. The minimum absolute atomic E-state index is 0.133. The summed E-state index contributed by atoms with van der Waals surface area (Å²) in [4.78, 5) is 12.5. The Morgan fingerprint density at radius 1 is 0.900 bits per heavy atom. The molecular weight excluding hydrogens is 400 g/mol. The first-order valence-electron chi connectivity index (χ1n) is 9.66. The van der Waals surface area contributed by atoms with E-state index >= 15 is 0 Å². The minimum atomic E-state index is -3.64. The molecule has 0 saturated carbocycles. The summed E-state index contributed by atoms with van der Waals surface area (Å²) in [5.74, 6) is 0.431. The maximum atomic E-state index is 12.5. The maximum absolute atomic E-state index is 12.5. The fourth-order valence-corrected chi connectivity index (χ4v) is 3.72. The highest BCUT2D eigenvalue weighted by atomic mass is 32.2. The van der Waals surface area contributed by atoms with Gasteiger partial charge in [-0.15, -0.1) is 0 Å². The molecule has 2 N–H and O–H groups in total. The molecule has 30 heavy (non-hydrogen) atoms. The van der Waals surface area contributed by atoms with Gasteiger partial charge in [0.1, 0.15) is 5.75 Å². The van der Waals surface area contributed by atoms with Crippen LogP contribution in [0.5, 0.6) is 5.75 Å². The fourth-order valence-electron chi connectivity index (χ4n) is 2.70. The molecule has 0 aromatic heterocycles. The van der Waals surface area contributed by atoms with Crippen LogP contribution < -0.4 is 14.8 Å². The van der Waals surface area contributed by atoms with Crippen LogP contribution in [0.1, 0.15) is 29.3 Å². The van der Waals surface area contributed by atoms with E-state index in [9.17, 15) is 13.2 Å². The zero-order valence-electron chi connectivity index (χ0n) is 16.7. The molecule has 0 bridgehead atoms. The molecule has 0 unspecified atom stereocenters. The van der Waals surface area contributed by atoms with Gasteiger partial charge in [0.2, 0.25) is 10.0 Å². The normalized spacial score (nSPS) is 11.1. The second kappa shape index (κ2) is 10.0. The van der Waals surface area contributed by atoms with E-state index in [0.717, 1.165) is 12.0 Å². The Hall–Kier alpha value is -3.16. The summed E-state index contributed by atoms with van der Waals surface area (Å²) in [6.07, 6.45) is 0.912. The van der Waals surface area contributed by atoms with Crippen LogP contribution in [0.25, 0.3) is 0 Å². The third-order valence-electron chi connectivity index (χ3n) is 4.32. The molecule has 0 radical (unpaired) electrons. The topological polar surface area (TPSA) is 84.5 Å². The molecule has 156 valence electrons. The highest BCUT2D eigenvalue weighted by Crippen LogP contribution is 2.17. The predicted molar refractivity (Wildman–Crippen MR) is 117 cm³/mol. The molecule has 3 aromatic carbocycles. The third kappa shape index (κ3) is 5.92. The average Bonchev–Trinajstić information content (AvgIpc) is 2.78. The summed E-state index contributed by atoms with van der Waals surface area (Å²) in [6, 6.07) is 22.2. The Morgan fingerprint density at radius 2 is 1.57 bits per heavy atom. The Kier molecular flexibility index (Phi) is 7.21. The monoisotopic (exact) mass is 424 g/mol. The lowest BCUT2D eigenvalue weighted by Gasteiger charge is -2.09. The summed E-state index contributed by atoms with van der Waals surface area (Å²) < 4.78 is 33.0. The van der Waals surface area contributed by atoms with Crippen LogP contribution in [0.3, 0.4) is 0 Å². The van der Waals surface area contributed by atoms with E-state index in [4.69, 9.17) is 4.74 Å². The lowest BCUT2D eigenvalue weighted by molar-refractivity contribution is 0.102. The molecule has 6 nitrogen and oxygen atoms in total. The van der Waals surface area contributed by atoms with E-state index in [-0.39, 0.29) is 17.3 Å². The molecule has 1 amide bonds. The van der Waals surface area contributed by atoms with E-state index in [1.165, 1.54) is 12.1 Å². The molecular formula is C23H24N2O4S. The van der Waals surface area contributed by atoms with Crippen LogP contribution in [-0.2, 0) is 16.6 Å². The summed E-state index contributed by atoms with van der Waals surface area (Å²) in [5.41, 5.74) is 1.87. The molecule has 0 spiro atoms. The van der Waals surface area contributed by atoms with Gasteiger partial charge in [-0.25, -0.2) is 13.1 Å². The molecule has 0 aliphatic carbocycles. The van der Waals surface area contributed by atoms with E-state index in [1.807, 2.05) is 37.3 Å². The SMILES string of the molecule is CCCOc1ccc(C(=O)Nc2ccc(S(=O)(=O)NCc3ccccc3)cc2)cc1. The van der Waals surface area contributed by atoms with Crippen molar-refractivity contribution >= 4 is 21.6 Å². The molecule has 0 atom stereocenters. The van der Waals surface area contributed by atoms with Gasteiger partial charge in [0, 0.05) is 17.8 Å². The quantitative estimate of drug-likeness (QED) is 0.539. The van der Waals surface area contributed by atoms with Crippen molar-refractivity contribution in [1.29, 1.82) is 0 Å². The number of carbonyl (C=O) groups is 1. The van der Waals surface area contributed by atoms with Crippen molar-refractivity contribution in [3.8, 4) is 5.75 Å². The van der Waals surface area contributed by atoms with Crippen molar-refractivity contribution < 1.29 is 17.9 Å². The van der Waals surface area contributed by atoms with Crippen LogP contribution in [0, 0.1) is 0 Å². The lowest BCUT2D eigenvalue weighted by atomic mass is 10.2. The molecule has 7 heteroatoms. The maximum Gasteiger partial charge on any atom is 0.255 e. The molecule has 3 aromatic rings. The lowest BCUT2D eigenvalue weighted by Crippen LogP contribution is -2.23. The number of benzene rings is 3.